The summed E-state index contributed by atoms with van der Waals surface area (Å²) in [4.78, 5) is 30.4. The molecule has 2 aliphatic heterocycles. The van der Waals surface area contributed by atoms with Crippen LogP contribution in [0.4, 0.5) is 10.2 Å². The largest absolute Gasteiger partial charge is 0.501 e. The van der Waals surface area contributed by atoms with Gasteiger partial charge in [0.25, 0.3) is 5.78 Å². The van der Waals surface area contributed by atoms with Crippen LogP contribution in [0.3, 0.4) is 0 Å². The Kier molecular flexibility index (Phi) is 6.05. The van der Waals surface area contributed by atoms with E-state index >= 15 is 0 Å². The number of hydrazine groups is 1. The minimum atomic E-state index is -4.35. The first-order valence-electron chi connectivity index (χ1n) is 11.0. The highest BCUT2D eigenvalue weighted by Crippen LogP contribution is 2.40. The standard InChI is InChI=1S/C24H16FN5O6S.H2O/c25-16-6-4-15(5-7-16)20-19(14-8-10-26-11-9-14)23-28-30(13-12-29(23)27-20)24(32)21(31)17-2-1-3-18-22(17)36-37(33,34)35-18;/h1-11,28H,12-13H2;1H2. The molecule has 194 valence electrons. The minimum absolute atomic E-state index is 0. The van der Waals surface area contributed by atoms with Gasteiger partial charge in [-0.15, -0.1) is 8.42 Å². The number of rotatable bonds is 4. The quantitative estimate of drug-likeness (QED) is 0.302. The van der Waals surface area contributed by atoms with E-state index in [-0.39, 0.29) is 41.4 Å². The van der Waals surface area contributed by atoms with Crippen molar-refractivity contribution in [2.75, 3.05) is 12.0 Å². The molecule has 2 aromatic carbocycles. The van der Waals surface area contributed by atoms with Gasteiger partial charge in [-0.2, -0.15) is 5.10 Å². The third-order valence-corrected chi connectivity index (χ3v) is 6.61. The number of carbonyl (C=O) groups excluding carboxylic acids is 2. The molecule has 2 aromatic heterocycles. The molecule has 1 amide bonds. The van der Waals surface area contributed by atoms with Crippen LogP contribution in [0.1, 0.15) is 10.4 Å². The van der Waals surface area contributed by atoms with Crippen molar-refractivity contribution >= 4 is 27.9 Å². The molecule has 4 aromatic rings. The van der Waals surface area contributed by atoms with E-state index in [1.165, 1.54) is 30.3 Å². The normalized spacial score (nSPS) is 14.7. The van der Waals surface area contributed by atoms with Crippen LogP contribution >= 0.6 is 0 Å². The number of carbonyl (C=O) groups is 2. The van der Waals surface area contributed by atoms with Gasteiger partial charge >= 0.3 is 16.3 Å². The number of anilines is 1. The fourth-order valence-corrected chi connectivity index (χ4v) is 4.94. The van der Waals surface area contributed by atoms with Gasteiger partial charge in [-0.1, -0.05) is 6.07 Å². The molecule has 38 heavy (non-hydrogen) atoms. The van der Waals surface area contributed by atoms with Gasteiger partial charge < -0.3 is 13.8 Å². The Morgan fingerprint density at radius 1 is 0.947 bits per heavy atom. The lowest BCUT2D eigenvalue weighted by molar-refractivity contribution is -0.125. The number of nitrogens with one attached hydrogen (secondary N) is 1. The topological polar surface area (TPSA) is 164 Å². The van der Waals surface area contributed by atoms with Crippen molar-refractivity contribution in [3.05, 3.63) is 78.4 Å². The van der Waals surface area contributed by atoms with Crippen LogP contribution in [0.5, 0.6) is 11.5 Å². The summed E-state index contributed by atoms with van der Waals surface area (Å²) in [6.45, 7) is 0.337. The molecule has 0 saturated carbocycles. The molecule has 12 nitrogen and oxygen atoms in total. The molecule has 0 saturated heterocycles. The number of fused-ring (bicyclic) bond motifs is 2. The van der Waals surface area contributed by atoms with Crippen LogP contribution < -0.4 is 13.8 Å². The van der Waals surface area contributed by atoms with Crippen LogP contribution in [0.2, 0.25) is 0 Å². The second kappa shape index (κ2) is 9.24. The number of halogens is 1. The number of Topliss-reactive ketones (excluding diaryl/α,β-unsaturated/α-hetero) is 1. The molecule has 4 heterocycles. The lowest BCUT2D eigenvalue weighted by Gasteiger charge is -2.29. The Hall–Kier alpha value is -4.82. The number of para-hydroxylation sites is 1. The highest BCUT2D eigenvalue weighted by molar-refractivity contribution is 7.82. The molecule has 14 heteroatoms. The van der Waals surface area contributed by atoms with Crippen molar-refractivity contribution < 1.29 is 36.2 Å². The SMILES string of the molecule is O.O=C(C(=O)N1CCn2nc(-c3ccc(F)cc3)c(-c3ccncc3)c2N1)c1cccc2c1OS(=O)(=O)O2. The molecular weight excluding hydrogens is 521 g/mol. The average Bonchev–Trinajstić information content (AvgIpc) is 3.44. The second-order valence-corrected chi connectivity index (χ2v) is 9.29. The van der Waals surface area contributed by atoms with Crippen molar-refractivity contribution in [3.8, 4) is 33.9 Å². The first-order chi connectivity index (χ1) is 17.8. The van der Waals surface area contributed by atoms with E-state index in [0.717, 1.165) is 10.6 Å². The van der Waals surface area contributed by atoms with Crippen molar-refractivity contribution in [3.63, 3.8) is 0 Å². The Balaban J connectivity index is 0.00000294. The molecule has 0 atom stereocenters. The number of hydrogen-bond acceptors (Lipinski definition) is 9. The molecule has 2 aliphatic rings. The van der Waals surface area contributed by atoms with Crippen LogP contribution in [-0.2, 0) is 21.7 Å². The van der Waals surface area contributed by atoms with E-state index in [0.29, 0.717) is 22.6 Å². The average molecular weight is 540 g/mol. The molecule has 0 aliphatic carbocycles. The molecule has 0 fully saturated rings. The zero-order valence-electron chi connectivity index (χ0n) is 19.3. The highest BCUT2D eigenvalue weighted by atomic mass is 32.3. The van der Waals surface area contributed by atoms with Gasteiger partial charge in [0.05, 0.1) is 24.2 Å². The second-order valence-electron chi connectivity index (χ2n) is 8.14. The number of hydrogen-bond donors (Lipinski definition) is 1. The summed E-state index contributed by atoms with van der Waals surface area (Å²) >= 11 is 0. The molecule has 0 radical (unpaired) electrons. The minimum Gasteiger partial charge on any atom is -0.412 e. The lowest BCUT2D eigenvalue weighted by atomic mass is 10.0. The molecule has 6 rings (SSSR count). The summed E-state index contributed by atoms with van der Waals surface area (Å²) in [5, 5.41) is 5.80. The van der Waals surface area contributed by atoms with Crippen LogP contribution in [0.25, 0.3) is 22.4 Å². The van der Waals surface area contributed by atoms with E-state index in [4.69, 9.17) is 8.37 Å². The van der Waals surface area contributed by atoms with Gasteiger partial charge in [-0.3, -0.25) is 20.0 Å². The number of ketones is 1. The summed E-state index contributed by atoms with van der Waals surface area (Å²) in [5.74, 6) is -2.37. The van der Waals surface area contributed by atoms with E-state index in [2.05, 4.69) is 15.5 Å². The molecule has 3 N–H and O–H groups in total. The van der Waals surface area contributed by atoms with Gasteiger partial charge in [0.15, 0.2) is 11.6 Å². The molecule has 0 bridgehead atoms. The highest BCUT2D eigenvalue weighted by Gasteiger charge is 2.37. The summed E-state index contributed by atoms with van der Waals surface area (Å²) in [6.07, 6.45) is 3.21. The first-order valence-corrected chi connectivity index (χ1v) is 12.3. The Bertz CT molecular complexity index is 1670. The van der Waals surface area contributed by atoms with Crippen molar-refractivity contribution in [1.29, 1.82) is 0 Å². The first kappa shape index (κ1) is 24.9. The Labute approximate surface area is 214 Å². The Morgan fingerprint density at radius 3 is 2.42 bits per heavy atom. The summed E-state index contributed by atoms with van der Waals surface area (Å²) in [5.41, 5.74) is 5.30. The maximum absolute atomic E-state index is 13.6. The van der Waals surface area contributed by atoms with E-state index in [1.807, 2.05) is 0 Å². The molecule has 0 unspecified atom stereocenters. The third-order valence-electron chi connectivity index (χ3n) is 5.86. The van der Waals surface area contributed by atoms with E-state index < -0.39 is 22.1 Å². The molecular formula is C24H18FN5O7S. The maximum atomic E-state index is 13.6. The zero-order valence-corrected chi connectivity index (χ0v) is 20.1. The van der Waals surface area contributed by atoms with Gasteiger partial charge in [0.2, 0.25) is 5.75 Å². The smallest absolute Gasteiger partial charge is 0.412 e. The van der Waals surface area contributed by atoms with E-state index in [1.54, 1.807) is 41.3 Å². The van der Waals surface area contributed by atoms with E-state index in [9.17, 15) is 22.4 Å². The number of pyridine rings is 1. The van der Waals surface area contributed by atoms with Gasteiger partial charge in [0, 0.05) is 18.0 Å². The predicted molar refractivity (Wildman–Crippen MR) is 131 cm³/mol. The summed E-state index contributed by atoms with van der Waals surface area (Å²) in [7, 11) is -4.35. The van der Waals surface area contributed by atoms with Crippen LogP contribution in [0, 0.1) is 5.82 Å². The molecule has 0 spiro atoms. The van der Waals surface area contributed by atoms with Crippen LogP contribution in [0.15, 0.2) is 67.0 Å². The third kappa shape index (κ3) is 4.21. The van der Waals surface area contributed by atoms with Crippen molar-refractivity contribution in [2.45, 2.75) is 6.54 Å². The van der Waals surface area contributed by atoms with Crippen molar-refractivity contribution in [2.24, 2.45) is 0 Å². The number of benzene rings is 2. The fourth-order valence-electron chi connectivity index (χ4n) is 4.18. The number of amides is 1. The number of nitrogens with zero attached hydrogens (tertiary/aromatic N) is 4. The lowest BCUT2D eigenvalue weighted by Crippen LogP contribution is -2.46. The van der Waals surface area contributed by atoms with Gasteiger partial charge in [-0.05, 0) is 54.1 Å². The van der Waals surface area contributed by atoms with Gasteiger partial charge in [-0.25, -0.2) is 14.1 Å². The number of aromatic nitrogens is 3. The summed E-state index contributed by atoms with van der Waals surface area (Å²) in [6, 6.07) is 13.4. The Morgan fingerprint density at radius 2 is 1.68 bits per heavy atom. The van der Waals surface area contributed by atoms with Crippen molar-refractivity contribution in [1.82, 2.24) is 19.8 Å². The zero-order chi connectivity index (χ0) is 25.7. The summed E-state index contributed by atoms with van der Waals surface area (Å²) < 4.78 is 48.0. The monoisotopic (exact) mass is 539 g/mol. The van der Waals surface area contributed by atoms with Gasteiger partial charge in [0.1, 0.15) is 11.5 Å². The van der Waals surface area contributed by atoms with Crippen LogP contribution in [-0.4, -0.2) is 51.9 Å². The predicted octanol–water partition coefficient (Wildman–Crippen LogP) is 1.99. The fraction of sp³-hybridized carbons (Fsp3) is 0.0833. The maximum Gasteiger partial charge on any atom is 0.501 e.